The summed E-state index contributed by atoms with van der Waals surface area (Å²) in [5.74, 6) is 0.862. The van der Waals surface area contributed by atoms with E-state index in [4.69, 9.17) is 4.99 Å². The topological polar surface area (TPSA) is 91.6 Å². The number of hydrogen-bond donors (Lipinski definition) is 2. The monoisotopic (exact) mass is 478 g/mol. The molecular weight excluding hydrogens is 448 g/mol. The molecule has 0 aliphatic carbocycles. The van der Waals surface area contributed by atoms with Gasteiger partial charge in [0.25, 0.3) is 0 Å². The third kappa shape index (κ3) is 3.88. The fourth-order valence-corrected chi connectivity index (χ4v) is 6.78. The smallest absolute Gasteiger partial charge is 0.246 e. The number of aliphatic imine (C=N–C) groups is 1. The second kappa shape index (κ2) is 8.56. The standard InChI is InChI=1S/C25H30N6O2S/c1-18-23(19(2)30(3)29-18)34(32,33)31-15-13-25(14-16-31)24(26-17-20-9-5-4-6-10-20)27-21-11-7-8-12-22(21)28-25/h4-12,28H,13-17H2,1-3H3,(H,26,27). The number of benzene rings is 2. The third-order valence-electron chi connectivity index (χ3n) is 6.88. The highest BCUT2D eigenvalue weighted by molar-refractivity contribution is 7.89. The van der Waals surface area contributed by atoms with Crippen LogP contribution in [-0.2, 0) is 23.6 Å². The van der Waals surface area contributed by atoms with Crippen LogP contribution in [0, 0.1) is 13.8 Å². The number of amidine groups is 1. The Kier molecular flexibility index (Phi) is 5.69. The first-order valence-electron chi connectivity index (χ1n) is 11.5. The van der Waals surface area contributed by atoms with Gasteiger partial charge >= 0.3 is 0 Å². The number of rotatable bonds is 4. The summed E-state index contributed by atoms with van der Waals surface area (Å²) in [5.41, 5.74) is 3.78. The van der Waals surface area contributed by atoms with Gasteiger partial charge in [0, 0.05) is 26.7 Å². The SMILES string of the molecule is Cc1nn(C)c(C)c1S(=O)(=O)N1CCC2(CC1)Nc1ccccc1N=C2NCc1ccccc1. The Bertz CT molecular complexity index is 1340. The van der Waals surface area contributed by atoms with E-state index < -0.39 is 15.6 Å². The van der Waals surface area contributed by atoms with Crippen LogP contribution < -0.4 is 10.6 Å². The number of aryl methyl sites for hydroxylation is 2. The highest BCUT2D eigenvalue weighted by Crippen LogP contribution is 2.39. The predicted octanol–water partition coefficient (Wildman–Crippen LogP) is 3.51. The van der Waals surface area contributed by atoms with Gasteiger partial charge in [-0.1, -0.05) is 42.5 Å². The van der Waals surface area contributed by atoms with Gasteiger partial charge in [-0.25, -0.2) is 13.4 Å². The molecule has 9 heteroatoms. The summed E-state index contributed by atoms with van der Waals surface area (Å²) in [7, 11) is -1.85. The highest BCUT2D eigenvalue weighted by Gasteiger charge is 2.45. The normalized spacial score (nSPS) is 17.7. The second-order valence-electron chi connectivity index (χ2n) is 9.05. The maximum Gasteiger partial charge on any atom is 0.246 e. The Labute approximate surface area is 200 Å². The minimum Gasteiger partial charge on any atom is -0.371 e. The third-order valence-corrected chi connectivity index (χ3v) is 9.03. The quantitative estimate of drug-likeness (QED) is 0.599. The number of sulfonamides is 1. The van der Waals surface area contributed by atoms with Crippen LogP contribution in [0.1, 0.15) is 29.8 Å². The van der Waals surface area contributed by atoms with Gasteiger partial charge in [0.05, 0.1) is 28.3 Å². The van der Waals surface area contributed by atoms with Gasteiger partial charge in [-0.05, 0) is 44.4 Å². The van der Waals surface area contributed by atoms with Gasteiger partial charge < -0.3 is 10.6 Å². The van der Waals surface area contributed by atoms with E-state index in [1.807, 2.05) is 42.5 Å². The van der Waals surface area contributed by atoms with Crippen molar-refractivity contribution in [2.24, 2.45) is 12.0 Å². The summed E-state index contributed by atoms with van der Waals surface area (Å²) >= 11 is 0. The summed E-state index contributed by atoms with van der Waals surface area (Å²) in [6.07, 6.45) is 1.22. The largest absolute Gasteiger partial charge is 0.371 e. The van der Waals surface area contributed by atoms with Gasteiger partial charge in [0.1, 0.15) is 10.7 Å². The molecule has 1 spiro atoms. The molecule has 8 nitrogen and oxygen atoms in total. The van der Waals surface area contributed by atoms with Crippen molar-refractivity contribution in [3.05, 3.63) is 71.5 Å². The molecule has 1 aromatic heterocycles. The number of aromatic nitrogens is 2. The van der Waals surface area contributed by atoms with Gasteiger partial charge in [-0.2, -0.15) is 9.40 Å². The number of nitrogens with one attached hydrogen (secondary N) is 2. The van der Waals surface area contributed by atoms with Crippen LogP contribution in [0.4, 0.5) is 11.4 Å². The van der Waals surface area contributed by atoms with Crippen LogP contribution in [-0.4, -0.2) is 47.0 Å². The van der Waals surface area contributed by atoms with E-state index in [0.29, 0.717) is 48.8 Å². The van der Waals surface area contributed by atoms with Gasteiger partial charge in [-0.3, -0.25) is 4.68 Å². The lowest BCUT2D eigenvalue weighted by Crippen LogP contribution is -2.59. The minimum atomic E-state index is -3.63. The molecule has 1 saturated heterocycles. The maximum atomic E-state index is 13.5. The van der Waals surface area contributed by atoms with E-state index in [2.05, 4.69) is 27.9 Å². The summed E-state index contributed by atoms with van der Waals surface area (Å²) in [4.78, 5) is 5.30. The molecule has 2 aliphatic rings. The molecule has 0 atom stereocenters. The van der Waals surface area contributed by atoms with E-state index in [9.17, 15) is 8.42 Å². The predicted molar refractivity (Wildman–Crippen MR) is 134 cm³/mol. The van der Waals surface area contributed by atoms with Crippen molar-refractivity contribution < 1.29 is 8.42 Å². The Hall–Kier alpha value is -3.17. The molecule has 0 radical (unpaired) electrons. The first-order chi connectivity index (χ1) is 16.3. The number of nitrogens with zero attached hydrogens (tertiary/aromatic N) is 4. The zero-order valence-electron chi connectivity index (χ0n) is 19.7. The van der Waals surface area contributed by atoms with Crippen molar-refractivity contribution in [2.75, 3.05) is 18.4 Å². The van der Waals surface area contributed by atoms with E-state index in [1.165, 1.54) is 5.56 Å². The summed E-state index contributed by atoms with van der Waals surface area (Å²) < 4.78 is 30.2. The van der Waals surface area contributed by atoms with Crippen LogP contribution in [0.15, 0.2) is 64.5 Å². The number of anilines is 1. The summed E-state index contributed by atoms with van der Waals surface area (Å²) in [5, 5.41) is 11.6. The Morgan fingerprint density at radius 3 is 2.38 bits per heavy atom. The Morgan fingerprint density at radius 1 is 1.03 bits per heavy atom. The molecule has 34 heavy (non-hydrogen) atoms. The van der Waals surface area contributed by atoms with Crippen molar-refractivity contribution in [3.8, 4) is 0 Å². The van der Waals surface area contributed by atoms with Crippen molar-refractivity contribution >= 4 is 27.2 Å². The van der Waals surface area contributed by atoms with Crippen molar-refractivity contribution in [3.63, 3.8) is 0 Å². The first-order valence-corrected chi connectivity index (χ1v) is 13.0. The number of fused-ring (bicyclic) bond motifs is 1. The van der Waals surface area contributed by atoms with E-state index in [-0.39, 0.29) is 0 Å². The molecule has 178 valence electrons. The molecule has 2 N–H and O–H groups in total. The maximum absolute atomic E-state index is 13.5. The molecule has 5 rings (SSSR count). The average molecular weight is 479 g/mol. The lowest BCUT2D eigenvalue weighted by molar-refractivity contribution is 0.296. The number of piperidine rings is 1. The van der Waals surface area contributed by atoms with Crippen molar-refractivity contribution in [2.45, 2.75) is 43.7 Å². The molecular formula is C25H30N6O2S. The van der Waals surface area contributed by atoms with Gasteiger partial charge in [-0.15, -0.1) is 0 Å². The van der Waals surface area contributed by atoms with Crippen LogP contribution in [0.2, 0.25) is 0 Å². The summed E-state index contributed by atoms with van der Waals surface area (Å²) in [6, 6.07) is 18.2. The molecule has 3 aromatic rings. The van der Waals surface area contributed by atoms with Crippen molar-refractivity contribution in [1.82, 2.24) is 19.4 Å². The lowest BCUT2D eigenvalue weighted by Gasteiger charge is -2.45. The second-order valence-corrected chi connectivity index (χ2v) is 10.9. The average Bonchev–Trinajstić information content (AvgIpc) is 3.10. The molecule has 1 fully saturated rings. The highest BCUT2D eigenvalue weighted by atomic mass is 32.2. The van der Waals surface area contributed by atoms with Crippen LogP contribution >= 0.6 is 0 Å². The Balaban J connectivity index is 1.41. The molecule has 0 amide bonds. The molecule has 0 saturated carbocycles. The van der Waals surface area contributed by atoms with E-state index in [0.717, 1.165) is 17.2 Å². The van der Waals surface area contributed by atoms with Crippen molar-refractivity contribution in [1.29, 1.82) is 0 Å². The van der Waals surface area contributed by atoms with Gasteiger partial charge in [0.15, 0.2) is 0 Å². The van der Waals surface area contributed by atoms with E-state index in [1.54, 1.807) is 29.9 Å². The molecule has 2 aliphatic heterocycles. The fraction of sp³-hybridized carbons (Fsp3) is 0.360. The van der Waals surface area contributed by atoms with E-state index >= 15 is 0 Å². The summed E-state index contributed by atoms with van der Waals surface area (Å²) in [6.45, 7) is 5.01. The zero-order chi connectivity index (χ0) is 23.9. The molecule has 0 bridgehead atoms. The first kappa shape index (κ1) is 22.6. The molecule has 2 aromatic carbocycles. The number of para-hydroxylation sites is 2. The molecule has 3 heterocycles. The lowest BCUT2D eigenvalue weighted by atomic mass is 9.85. The fourth-order valence-electron chi connectivity index (χ4n) is 4.94. The van der Waals surface area contributed by atoms with Crippen LogP contribution in [0.3, 0.4) is 0 Å². The van der Waals surface area contributed by atoms with Crippen LogP contribution in [0.5, 0.6) is 0 Å². The van der Waals surface area contributed by atoms with Crippen LogP contribution in [0.25, 0.3) is 0 Å². The van der Waals surface area contributed by atoms with Gasteiger partial charge in [0.2, 0.25) is 10.0 Å². The molecule has 0 unspecified atom stereocenters. The zero-order valence-corrected chi connectivity index (χ0v) is 20.6. The Morgan fingerprint density at radius 2 is 1.71 bits per heavy atom. The minimum absolute atomic E-state index is 0.323. The number of hydrogen-bond acceptors (Lipinski definition) is 6.